The van der Waals surface area contributed by atoms with Gasteiger partial charge in [-0.15, -0.1) is 0 Å². The molecule has 0 radical (unpaired) electrons. The molecule has 1 aromatic carbocycles. The Morgan fingerprint density at radius 2 is 1.89 bits per heavy atom. The Bertz CT molecular complexity index is 843. The summed E-state index contributed by atoms with van der Waals surface area (Å²) in [6, 6.07) is 3.87. The molecule has 1 aromatic heterocycles. The lowest BCUT2D eigenvalue weighted by molar-refractivity contribution is 0.143. The molecule has 0 saturated heterocycles. The van der Waals surface area contributed by atoms with E-state index in [9.17, 15) is 8.78 Å². The van der Waals surface area contributed by atoms with Crippen molar-refractivity contribution >= 4 is 17.4 Å². The number of ether oxygens (including phenoxy) is 1. The Balaban J connectivity index is 1.69. The van der Waals surface area contributed by atoms with Crippen molar-refractivity contribution in [2.45, 2.75) is 43.6 Å². The second kappa shape index (κ2) is 7.42. The van der Waals surface area contributed by atoms with Crippen molar-refractivity contribution in [3.8, 4) is 5.88 Å². The Morgan fingerprint density at radius 3 is 2.59 bits per heavy atom. The lowest BCUT2D eigenvalue weighted by Gasteiger charge is -2.28. The first-order valence-electron chi connectivity index (χ1n) is 9.09. The molecule has 8 heteroatoms. The minimum absolute atomic E-state index is 0.0216. The minimum atomic E-state index is -0.649. The third-order valence-corrected chi connectivity index (χ3v) is 6.05. The fraction of sp³-hybridized carbons (Fsp3) is 0.421. The van der Waals surface area contributed by atoms with Gasteiger partial charge in [-0.05, 0) is 37.8 Å². The van der Waals surface area contributed by atoms with Gasteiger partial charge in [0.25, 0.3) is 0 Å². The van der Waals surface area contributed by atoms with Crippen molar-refractivity contribution in [2.24, 2.45) is 12.8 Å². The van der Waals surface area contributed by atoms with E-state index in [2.05, 4.69) is 5.10 Å². The van der Waals surface area contributed by atoms with Crippen LogP contribution in [-0.4, -0.2) is 15.9 Å². The van der Waals surface area contributed by atoms with Gasteiger partial charge in [0.05, 0.1) is 16.8 Å². The molecule has 2 N–H and O–H groups in total. The Labute approximate surface area is 161 Å². The van der Waals surface area contributed by atoms with Gasteiger partial charge in [0.15, 0.2) is 0 Å². The van der Waals surface area contributed by atoms with Crippen LogP contribution in [0.25, 0.3) is 0 Å². The van der Waals surface area contributed by atoms with Gasteiger partial charge in [-0.2, -0.15) is 5.10 Å². The average molecular weight is 392 g/mol. The lowest BCUT2D eigenvalue weighted by atomic mass is 9.98. The number of aryl methyl sites for hydroxylation is 1. The maximum Gasteiger partial charge on any atom is 0.236 e. The molecule has 1 aliphatic heterocycles. The molecule has 2 aromatic rings. The number of nitrogens with two attached hydrogens (primary N) is 1. The Kier molecular flexibility index (Phi) is 4.99. The highest BCUT2D eigenvalue weighted by atomic mass is 32.2. The number of aromatic nitrogens is 2. The van der Waals surface area contributed by atoms with Crippen molar-refractivity contribution in [1.82, 2.24) is 9.78 Å². The van der Waals surface area contributed by atoms with Crippen LogP contribution in [0.3, 0.4) is 0 Å². The number of halogens is 2. The largest absolute Gasteiger partial charge is 0.473 e. The van der Waals surface area contributed by atoms with Gasteiger partial charge in [0.1, 0.15) is 28.8 Å². The van der Waals surface area contributed by atoms with Gasteiger partial charge < -0.3 is 15.4 Å². The van der Waals surface area contributed by atoms with Gasteiger partial charge in [-0.3, -0.25) is 0 Å². The van der Waals surface area contributed by atoms with Crippen molar-refractivity contribution < 1.29 is 13.5 Å². The molecule has 144 valence electrons. The molecule has 1 fully saturated rings. The van der Waals surface area contributed by atoms with Crippen LogP contribution in [0.2, 0.25) is 0 Å². The fourth-order valence-electron chi connectivity index (χ4n) is 3.63. The van der Waals surface area contributed by atoms with E-state index in [4.69, 9.17) is 10.5 Å². The van der Waals surface area contributed by atoms with Crippen LogP contribution in [0.15, 0.2) is 35.6 Å². The smallest absolute Gasteiger partial charge is 0.236 e. The molecule has 1 saturated carbocycles. The zero-order valence-corrected chi connectivity index (χ0v) is 15.9. The first-order chi connectivity index (χ1) is 13.0. The highest BCUT2D eigenvalue weighted by Gasteiger charge is 2.34. The molecule has 2 aliphatic rings. The van der Waals surface area contributed by atoms with Crippen LogP contribution in [0.5, 0.6) is 5.88 Å². The number of hydrogen-bond acceptors (Lipinski definition) is 5. The van der Waals surface area contributed by atoms with Crippen LogP contribution in [0, 0.1) is 11.6 Å². The summed E-state index contributed by atoms with van der Waals surface area (Å²) in [5.41, 5.74) is 6.64. The summed E-state index contributed by atoms with van der Waals surface area (Å²) < 4.78 is 36.7. The van der Waals surface area contributed by atoms with E-state index >= 15 is 0 Å². The first-order valence-corrected chi connectivity index (χ1v) is 9.97. The highest BCUT2D eigenvalue weighted by Crippen LogP contribution is 2.48. The van der Waals surface area contributed by atoms with Gasteiger partial charge >= 0.3 is 0 Å². The lowest BCUT2D eigenvalue weighted by Crippen LogP contribution is -2.24. The van der Waals surface area contributed by atoms with E-state index in [1.807, 2.05) is 0 Å². The van der Waals surface area contributed by atoms with Crippen LogP contribution in [0.1, 0.15) is 43.0 Å². The number of rotatable bonds is 4. The second-order valence-electron chi connectivity index (χ2n) is 6.88. The van der Waals surface area contributed by atoms with Crippen LogP contribution < -0.4 is 15.4 Å². The van der Waals surface area contributed by atoms with Gasteiger partial charge in [-0.1, -0.05) is 24.2 Å². The van der Waals surface area contributed by atoms with Crippen molar-refractivity contribution in [3.63, 3.8) is 0 Å². The molecule has 1 unspecified atom stereocenters. The quantitative estimate of drug-likeness (QED) is 0.835. The summed E-state index contributed by atoms with van der Waals surface area (Å²) in [6.07, 6.45) is 9.00. The Hall–Kier alpha value is -2.22. The minimum Gasteiger partial charge on any atom is -0.473 e. The van der Waals surface area contributed by atoms with Crippen molar-refractivity contribution in [2.75, 3.05) is 4.90 Å². The Morgan fingerprint density at radius 1 is 1.19 bits per heavy atom. The SMILES string of the molecule is Cn1ncc(N2C=C(N)SC2c2c(F)cccc2F)c1OC1CCCCC1. The topological polar surface area (TPSA) is 56.3 Å². The molecule has 4 rings (SSSR count). The van der Waals surface area contributed by atoms with E-state index in [1.54, 1.807) is 29.0 Å². The average Bonchev–Trinajstić information content (AvgIpc) is 3.19. The predicted octanol–water partition coefficient (Wildman–Crippen LogP) is 4.42. The predicted molar refractivity (Wildman–Crippen MR) is 102 cm³/mol. The summed E-state index contributed by atoms with van der Waals surface area (Å²) in [5.74, 6) is -0.603. The van der Waals surface area contributed by atoms with E-state index < -0.39 is 17.0 Å². The fourth-order valence-corrected chi connectivity index (χ4v) is 4.69. The summed E-state index contributed by atoms with van der Waals surface area (Å²) in [4.78, 5) is 1.74. The third kappa shape index (κ3) is 3.50. The van der Waals surface area contributed by atoms with Gasteiger partial charge in [0, 0.05) is 13.2 Å². The van der Waals surface area contributed by atoms with E-state index in [1.165, 1.54) is 36.4 Å². The van der Waals surface area contributed by atoms with Gasteiger partial charge in [0.2, 0.25) is 5.88 Å². The summed E-state index contributed by atoms with van der Waals surface area (Å²) in [6.45, 7) is 0. The molecule has 0 spiro atoms. The molecular formula is C19H22F2N4OS. The molecule has 1 atom stereocenters. The number of hydrogen-bond donors (Lipinski definition) is 1. The molecule has 5 nitrogen and oxygen atoms in total. The monoisotopic (exact) mass is 392 g/mol. The number of anilines is 1. The first kappa shape index (κ1) is 18.2. The van der Waals surface area contributed by atoms with E-state index in [0.717, 1.165) is 25.7 Å². The van der Waals surface area contributed by atoms with Crippen molar-refractivity contribution in [1.29, 1.82) is 0 Å². The maximum atomic E-state index is 14.4. The molecule has 1 aliphatic carbocycles. The number of nitrogens with zero attached hydrogens (tertiary/aromatic N) is 3. The van der Waals surface area contributed by atoms with Crippen LogP contribution >= 0.6 is 11.8 Å². The van der Waals surface area contributed by atoms with Crippen LogP contribution in [-0.2, 0) is 7.05 Å². The summed E-state index contributed by atoms with van der Waals surface area (Å²) in [5, 5.41) is 4.14. The number of benzene rings is 1. The van der Waals surface area contributed by atoms with Crippen molar-refractivity contribution in [3.05, 3.63) is 52.8 Å². The molecule has 27 heavy (non-hydrogen) atoms. The number of thioether (sulfide) groups is 1. The van der Waals surface area contributed by atoms with E-state index in [-0.39, 0.29) is 11.7 Å². The third-order valence-electron chi connectivity index (χ3n) is 4.99. The zero-order chi connectivity index (χ0) is 19.0. The normalized spacial score (nSPS) is 20.8. The van der Waals surface area contributed by atoms with E-state index in [0.29, 0.717) is 16.6 Å². The highest BCUT2D eigenvalue weighted by molar-refractivity contribution is 8.03. The molecule has 2 heterocycles. The second-order valence-corrected chi connectivity index (χ2v) is 8.03. The van der Waals surface area contributed by atoms with Crippen LogP contribution in [0.4, 0.5) is 14.5 Å². The molecule has 0 bridgehead atoms. The van der Waals surface area contributed by atoms with Gasteiger partial charge in [-0.25, -0.2) is 13.5 Å². The molecule has 0 amide bonds. The zero-order valence-electron chi connectivity index (χ0n) is 15.1. The molecular weight excluding hydrogens is 370 g/mol. The maximum absolute atomic E-state index is 14.4. The summed E-state index contributed by atoms with van der Waals surface area (Å²) in [7, 11) is 1.80. The standard InChI is InChI=1S/C19H22F2N4OS/c1-24-18(26-12-6-3-2-4-7-12)15(10-23-24)25-11-16(22)27-19(25)17-13(20)8-5-9-14(17)21/h5,8-12,19H,2-4,6-7,22H2,1H3. The summed E-state index contributed by atoms with van der Waals surface area (Å²) >= 11 is 1.21.